The van der Waals surface area contributed by atoms with E-state index in [0.717, 1.165) is 12.3 Å². The van der Waals surface area contributed by atoms with Crippen LogP contribution in [0.25, 0.3) is 0 Å². The summed E-state index contributed by atoms with van der Waals surface area (Å²) in [5.41, 5.74) is 5.61. The fraction of sp³-hybridized carbons (Fsp3) is 0.500. The SMILES string of the molecule is Cc1ccc(CC(CCCc2ccc(O)cc2)CN2CCCC2)cc1C. The smallest absolute Gasteiger partial charge is 0.115 e. The van der Waals surface area contributed by atoms with Gasteiger partial charge in [0.25, 0.3) is 0 Å². The van der Waals surface area contributed by atoms with E-state index >= 15 is 0 Å². The topological polar surface area (TPSA) is 23.5 Å². The Bertz CT molecular complexity index is 686. The van der Waals surface area contributed by atoms with Gasteiger partial charge in [-0.25, -0.2) is 0 Å². The third-order valence-electron chi connectivity index (χ3n) is 5.82. The molecule has 2 nitrogen and oxygen atoms in total. The van der Waals surface area contributed by atoms with Crippen molar-refractivity contribution in [1.82, 2.24) is 4.90 Å². The third-order valence-corrected chi connectivity index (χ3v) is 5.82. The molecule has 0 aliphatic carbocycles. The summed E-state index contributed by atoms with van der Waals surface area (Å²) in [7, 11) is 0. The summed E-state index contributed by atoms with van der Waals surface area (Å²) in [6.07, 6.45) is 7.50. The first-order valence-corrected chi connectivity index (χ1v) is 10.2. The molecule has 0 amide bonds. The van der Waals surface area contributed by atoms with Gasteiger partial charge in [-0.2, -0.15) is 0 Å². The van der Waals surface area contributed by atoms with Crippen molar-refractivity contribution in [1.29, 1.82) is 0 Å². The van der Waals surface area contributed by atoms with E-state index in [0.29, 0.717) is 5.75 Å². The van der Waals surface area contributed by atoms with Crippen molar-refractivity contribution in [3.8, 4) is 5.75 Å². The Hall–Kier alpha value is -1.80. The number of rotatable bonds is 8. The van der Waals surface area contributed by atoms with Crippen molar-refractivity contribution >= 4 is 0 Å². The minimum Gasteiger partial charge on any atom is -0.508 e. The third kappa shape index (κ3) is 5.60. The van der Waals surface area contributed by atoms with E-state index in [9.17, 15) is 5.11 Å². The Morgan fingerprint density at radius 1 is 0.923 bits per heavy atom. The zero-order valence-corrected chi connectivity index (χ0v) is 16.4. The molecule has 1 unspecified atom stereocenters. The largest absolute Gasteiger partial charge is 0.508 e. The normalized spacial score (nSPS) is 16.1. The van der Waals surface area contributed by atoms with Gasteiger partial charge < -0.3 is 10.0 Å². The first kappa shape index (κ1) is 19.0. The zero-order valence-electron chi connectivity index (χ0n) is 16.4. The highest BCUT2D eigenvalue weighted by atomic mass is 16.3. The van der Waals surface area contributed by atoms with Gasteiger partial charge in [0.1, 0.15) is 5.75 Å². The first-order chi connectivity index (χ1) is 12.6. The fourth-order valence-electron chi connectivity index (χ4n) is 4.11. The highest BCUT2D eigenvalue weighted by Crippen LogP contribution is 2.22. The molecule has 0 saturated carbocycles. The monoisotopic (exact) mass is 351 g/mol. The number of nitrogens with zero attached hydrogens (tertiary/aromatic N) is 1. The Kier molecular flexibility index (Phi) is 6.73. The number of hydrogen-bond acceptors (Lipinski definition) is 2. The van der Waals surface area contributed by atoms with Crippen LogP contribution in [0.5, 0.6) is 5.75 Å². The minimum absolute atomic E-state index is 0.357. The molecule has 2 heteroatoms. The predicted octanol–water partition coefficient (Wildman–Crippen LogP) is 5.29. The van der Waals surface area contributed by atoms with Crippen LogP contribution in [0.4, 0.5) is 0 Å². The molecule has 1 aliphatic heterocycles. The van der Waals surface area contributed by atoms with Crippen molar-refractivity contribution in [2.75, 3.05) is 19.6 Å². The Labute approximate surface area is 158 Å². The average molecular weight is 352 g/mol. The molecule has 1 atom stereocenters. The maximum Gasteiger partial charge on any atom is 0.115 e. The van der Waals surface area contributed by atoms with Gasteiger partial charge in [-0.3, -0.25) is 0 Å². The number of aryl methyl sites for hydroxylation is 3. The van der Waals surface area contributed by atoms with E-state index in [1.165, 1.54) is 74.0 Å². The minimum atomic E-state index is 0.357. The van der Waals surface area contributed by atoms with Crippen LogP contribution in [0.3, 0.4) is 0 Å². The summed E-state index contributed by atoms with van der Waals surface area (Å²) in [6, 6.07) is 14.7. The molecule has 0 spiro atoms. The molecule has 0 radical (unpaired) electrons. The fourth-order valence-corrected chi connectivity index (χ4v) is 4.11. The average Bonchev–Trinajstić information content (AvgIpc) is 3.13. The molecular formula is C24H33NO. The lowest BCUT2D eigenvalue weighted by Crippen LogP contribution is -2.28. The van der Waals surface area contributed by atoms with Crippen LogP contribution in [0, 0.1) is 19.8 Å². The number of aromatic hydroxyl groups is 1. The number of phenols is 1. The molecule has 1 fully saturated rings. The highest BCUT2D eigenvalue weighted by Gasteiger charge is 2.18. The molecule has 1 aliphatic rings. The number of benzene rings is 2. The van der Waals surface area contributed by atoms with Gasteiger partial charge in [-0.1, -0.05) is 30.3 Å². The number of likely N-dealkylation sites (tertiary alicyclic amines) is 1. The summed E-state index contributed by atoms with van der Waals surface area (Å²) < 4.78 is 0. The lowest BCUT2D eigenvalue weighted by molar-refractivity contribution is 0.264. The van der Waals surface area contributed by atoms with E-state index in [1.54, 1.807) is 12.1 Å². The number of hydrogen-bond donors (Lipinski definition) is 1. The molecule has 140 valence electrons. The van der Waals surface area contributed by atoms with E-state index in [1.807, 2.05) is 12.1 Å². The molecular weight excluding hydrogens is 318 g/mol. The van der Waals surface area contributed by atoms with Crippen LogP contribution < -0.4 is 0 Å². The van der Waals surface area contributed by atoms with Gasteiger partial charge in [-0.05, 0) is 106 Å². The Morgan fingerprint density at radius 3 is 2.31 bits per heavy atom. The second-order valence-electron chi connectivity index (χ2n) is 8.06. The van der Waals surface area contributed by atoms with Crippen LogP contribution in [0.2, 0.25) is 0 Å². The van der Waals surface area contributed by atoms with Crippen LogP contribution in [-0.4, -0.2) is 29.6 Å². The first-order valence-electron chi connectivity index (χ1n) is 10.2. The molecule has 3 rings (SSSR count). The van der Waals surface area contributed by atoms with E-state index in [2.05, 4.69) is 36.9 Å². The van der Waals surface area contributed by atoms with Crippen molar-refractivity contribution in [3.63, 3.8) is 0 Å². The van der Waals surface area contributed by atoms with Crippen LogP contribution in [-0.2, 0) is 12.8 Å². The van der Waals surface area contributed by atoms with Gasteiger partial charge in [0.15, 0.2) is 0 Å². The summed E-state index contributed by atoms with van der Waals surface area (Å²) in [5.74, 6) is 1.09. The van der Waals surface area contributed by atoms with Crippen LogP contribution >= 0.6 is 0 Å². The molecule has 2 aromatic rings. The molecule has 2 aromatic carbocycles. The van der Waals surface area contributed by atoms with Crippen molar-refractivity contribution in [2.24, 2.45) is 5.92 Å². The lowest BCUT2D eigenvalue weighted by Gasteiger charge is -2.24. The van der Waals surface area contributed by atoms with Gasteiger partial charge >= 0.3 is 0 Å². The summed E-state index contributed by atoms with van der Waals surface area (Å²) in [5, 5.41) is 9.43. The summed E-state index contributed by atoms with van der Waals surface area (Å²) in [6.45, 7) is 8.21. The van der Waals surface area contributed by atoms with Crippen LogP contribution in [0.15, 0.2) is 42.5 Å². The van der Waals surface area contributed by atoms with Crippen molar-refractivity contribution < 1.29 is 5.11 Å². The second kappa shape index (κ2) is 9.23. The zero-order chi connectivity index (χ0) is 18.4. The maximum atomic E-state index is 9.43. The molecule has 1 heterocycles. The molecule has 0 aromatic heterocycles. The van der Waals surface area contributed by atoms with E-state index in [4.69, 9.17) is 0 Å². The quantitative estimate of drug-likeness (QED) is 0.699. The van der Waals surface area contributed by atoms with Crippen LogP contribution in [0.1, 0.15) is 47.9 Å². The van der Waals surface area contributed by atoms with Crippen molar-refractivity contribution in [2.45, 2.75) is 52.4 Å². The van der Waals surface area contributed by atoms with E-state index < -0.39 is 0 Å². The van der Waals surface area contributed by atoms with Gasteiger partial charge in [0, 0.05) is 6.54 Å². The van der Waals surface area contributed by atoms with Gasteiger partial charge in [0.2, 0.25) is 0 Å². The van der Waals surface area contributed by atoms with Gasteiger partial charge in [-0.15, -0.1) is 0 Å². The van der Waals surface area contributed by atoms with Gasteiger partial charge in [0.05, 0.1) is 0 Å². The summed E-state index contributed by atoms with van der Waals surface area (Å²) >= 11 is 0. The van der Waals surface area contributed by atoms with E-state index in [-0.39, 0.29) is 0 Å². The molecule has 1 saturated heterocycles. The second-order valence-corrected chi connectivity index (χ2v) is 8.06. The maximum absolute atomic E-state index is 9.43. The molecule has 26 heavy (non-hydrogen) atoms. The lowest BCUT2D eigenvalue weighted by atomic mass is 9.91. The Balaban J connectivity index is 1.58. The number of phenolic OH excluding ortho intramolecular Hbond substituents is 1. The highest BCUT2D eigenvalue weighted by molar-refractivity contribution is 5.30. The molecule has 0 bridgehead atoms. The predicted molar refractivity (Wildman–Crippen MR) is 110 cm³/mol. The Morgan fingerprint density at radius 2 is 1.62 bits per heavy atom. The summed E-state index contributed by atoms with van der Waals surface area (Å²) in [4.78, 5) is 2.66. The standard InChI is InChI=1S/C24H33NO/c1-19-8-9-22(16-20(19)2)17-23(18-25-14-3-4-15-25)7-5-6-21-10-12-24(26)13-11-21/h8-13,16,23,26H,3-7,14-15,17-18H2,1-2H3. The van der Waals surface area contributed by atoms with Crippen molar-refractivity contribution in [3.05, 3.63) is 64.7 Å². The molecule has 1 N–H and O–H groups in total.